The van der Waals surface area contributed by atoms with Crippen LogP contribution in [0.15, 0.2) is 18.2 Å². The molecule has 2 aliphatic rings. The fourth-order valence-electron chi connectivity index (χ4n) is 2.55. The van der Waals surface area contributed by atoms with Crippen LogP contribution in [-0.4, -0.2) is 12.5 Å². The Morgan fingerprint density at radius 2 is 2.24 bits per heavy atom. The van der Waals surface area contributed by atoms with E-state index < -0.39 is 0 Å². The molecular weight excluding hydrogens is 212 g/mol. The lowest BCUT2D eigenvalue weighted by Crippen LogP contribution is -2.30. The van der Waals surface area contributed by atoms with E-state index in [1.807, 2.05) is 12.1 Å². The number of rotatable bonds is 2. The average molecular weight is 230 g/mol. The minimum atomic E-state index is 0.211. The second kappa shape index (κ2) is 4.49. The van der Waals surface area contributed by atoms with Gasteiger partial charge in [-0.15, -0.1) is 0 Å². The van der Waals surface area contributed by atoms with E-state index in [1.54, 1.807) is 0 Å². The number of carbonyl (C=O) groups is 1. The summed E-state index contributed by atoms with van der Waals surface area (Å²) in [5.74, 6) is 0.468. The molecule has 1 aliphatic heterocycles. The Morgan fingerprint density at radius 3 is 3.00 bits per heavy atom. The van der Waals surface area contributed by atoms with Crippen molar-refractivity contribution in [2.45, 2.75) is 32.2 Å². The molecule has 1 fully saturated rings. The fraction of sp³-hybridized carbons (Fsp3) is 0.500. The molecule has 0 unspecified atom stereocenters. The third kappa shape index (κ3) is 2.07. The van der Waals surface area contributed by atoms with Gasteiger partial charge in [0.15, 0.2) is 0 Å². The number of hydrogen-bond acceptors (Lipinski definition) is 2. The lowest BCUT2D eigenvalue weighted by Gasteiger charge is -2.26. The first-order chi connectivity index (χ1) is 8.34. The van der Waals surface area contributed by atoms with Crippen LogP contribution >= 0.6 is 0 Å². The molecule has 1 aromatic carbocycles. The standard InChI is InChI=1S/C14H18N2O/c17-14(10-3-1-4-10)16-13-6-2-5-11-9-15-8-7-12(11)13/h2,5-6,10,15H,1,3-4,7-9H2,(H,16,17). The second-order valence-electron chi connectivity index (χ2n) is 4.99. The zero-order valence-corrected chi connectivity index (χ0v) is 9.96. The summed E-state index contributed by atoms with van der Waals surface area (Å²) in [5, 5.41) is 6.46. The average Bonchev–Trinajstić information content (AvgIpc) is 2.27. The number of anilines is 1. The van der Waals surface area contributed by atoms with Crippen molar-refractivity contribution >= 4 is 11.6 Å². The minimum Gasteiger partial charge on any atom is -0.326 e. The summed E-state index contributed by atoms with van der Waals surface area (Å²) in [6, 6.07) is 6.20. The molecule has 1 aromatic rings. The molecule has 1 saturated carbocycles. The first-order valence-electron chi connectivity index (χ1n) is 6.47. The molecule has 1 amide bonds. The Balaban J connectivity index is 1.80. The summed E-state index contributed by atoms with van der Waals surface area (Å²) in [6.07, 6.45) is 4.33. The number of fused-ring (bicyclic) bond motifs is 1. The SMILES string of the molecule is O=C(Nc1cccc2c1CCNC2)C1CCC1. The number of amides is 1. The minimum absolute atomic E-state index is 0.211. The smallest absolute Gasteiger partial charge is 0.227 e. The Morgan fingerprint density at radius 1 is 1.35 bits per heavy atom. The normalized spacial score (nSPS) is 19.3. The van der Waals surface area contributed by atoms with Crippen molar-refractivity contribution < 1.29 is 4.79 Å². The van der Waals surface area contributed by atoms with Crippen molar-refractivity contribution in [3.63, 3.8) is 0 Å². The van der Waals surface area contributed by atoms with E-state index in [1.165, 1.54) is 17.5 Å². The van der Waals surface area contributed by atoms with Gasteiger partial charge < -0.3 is 10.6 Å². The van der Waals surface area contributed by atoms with E-state index >= 15 is 0 Å². The van der Waals surface area contributed by atoms with E-state index in [4.69, 9.17) is 0 Å². The highest BCUT2D eigenvalue weighted by Crippen LogP contribution is 2.29. The van der Waals surface area contributed by atoms with Crippen molar-refractivity contribution in [2.75, 3.05) is 11.9 Å². The van der Waals surface area contributed by atoms with Crippen molar-refractivity contribution in [2.24, 2.45) is 5.92 Å². The lowest BCUT2D eigenvalue weighted by atomic mass is 9.84. The third-order valence-electron chi connectivity index (χ3n) is 3.87. The van der Waals surface area contributed by atoms with Gasteiger partial charge in [-0.05, 0) is 43.0 Å². The van der Waals surface area contributed by atoms with Gasteiger partial charge in [0, 0.05) is 18.2 Å². The molecular formula is C14H18N2O. The van der Waals surface area contributed by atoms with Crippen LogP contribution in [0.2, 0.25) is 0 Å². The Bertz CT molecular complexity index is 438. The molecule has 0 saturated heterocycles. The molecule has 0 radical (unpaired) electrons. The van der Waals surface area contributed by atoms with Crippen LogP contribution in [0.1, 0.15) is 30.4 Å². The molecule has 2 N–H and O–H groups in total. The first kappa shape index (κ1) is 10.8. The maximum absolute atomic E-state index is 12.0. The van der Waals surface area contributed by atoms with Crippen LogP contribution in [0, 0.1) is 5.92 Å². The molecule has 0 bridgehead atoms. The zero-order chi connectivity index (χ0) is 11.7. The molecule has 0 spiro atoms. The summed E-state index contributed by atoms with van der Waals surface area (Å²) in [4.78, 5) is 12.0. The van der Waals surface area contributed by atoms with Gasteiger partial charge in [0.05, 0.1) is 0 Å². The summed E-state index contributed by atoms with van der Waals surface area (Å²) in [5.41, 5.74) is 3.67. The molecule has 3 rings (SSSR count). The van der Waals surface area contributed by atoms with Crippen molar-refractivity contribution in [1.82, 2.24) is 5.32 Å². The predicted molar refractivity (Wildman–Crippen MR) is 67.8 cm³/mol. The maximum atomic E-state index is 12.0. The molecule has 0 atom stereocenters. The lowest BCUT2D eigenvalue weighted by molar-refractivity contribution is -0.122. The van der Waals surface area contributed by atoms with Crippen molar-refractivity contribution in [3.8, 4) is 0 Å². The maximum Gasteiger partial charge on any atom is 0.227 e. The van der Waals surface area contributed by atoms with Crippen LogP contribution in [0.4, 0.5) is 5.69 Å². The molecule has 3 heteroatoms. The molecule has 1 heterocycles. The molecule has 0 aromatic heterocycles. The highest BCUT2D eigenvalue weighted by molar-refractivity contribution is 5.93. The third-order valence-corrected chi connectivity index (χ3v) is 3.87. The number of benzene rings is 1. The van der Waals surface area contributed by atoms with Crippen molar-refractivity contribution in [3.05, 3.63) is 29.3 Å². The van der Waals surface area contributed by atoms with E-state index in [-0.39, 0.29) is 11.8 Å². The largest absolute Gasteiger partial charge is 0.326 e. The first-order valence-corrected chi connectivity index (χ1v) is 6.47. The summed E-state index contributed by atoms with van der Waals surface area (Å²) in [7, 11) is 0. The Kier molecular flexibility index (Phi) is 2.85. The summed E-state index contributed by atoms with van der Waals surface area (Å²) in [6.45, 7) is 1.92. The predicted octanol–water partition coefficient (Wildman–Crippen LogP) is 2.07. The monoisotopic (exact) mass is 230 g/mol. The number of nitrogens with one attached hydrogen (secondary N) is 2. The highest BCUT2D eigenvalue weighted by Gasteiger charge is 2.26. The molecule has 1 aliphatic carbocycles. The topological polar surface area (TPSA) is 41.1 Å². The van der Waals surface area contributed by atoms with Crippen LogP contribution in [0.3, 0.4) is 0 Å². The van der Waals surface area contributed by atoms with Gasteiger partial charge >= 0.3 is 0 Å². The molecule has 90 valence electrons. The summed E-state index contributed by atoms with van der Waals surface area (Å²) >= 11 is 0. The van der Waals surface area contributed by atoms with Crippen LogP contribution in [-0.2, 0) is 17.8 Å². The van der Waals surface area contributed by atoms with E-state index in [0.29, 0.717) is 0 Å². The van der Waals surface area contributed by atoms with Crippen LogP contribution < -0.4 is 10.6 Å². The van der Waals surface area contributed by atoms with E-state index in [0.717, 1.165) is 38.0 Å². The van der Waals surface area contributed by atoms with Gasteiger partial charge in [-0.25, -0.2) is 0 Å². The fourth-order valence-corrected chi connectivity index (χ4v) is 2.55. The number of hydrogen-bond donors (Lipinski definition) is 2. The Labute approximate surface area is 102 Å². The van der Waals surface area contributed by atoms with Gasteiger partial charge in [0.2, 0.25) is 5.91 Å². The molecule has 3 nitrogen and oxygen atoms in total. The van der Waals surface area contributed by atoms with Crippen LogP contribution in [0.5, 0.6) is 0 Å². The van der Waals surface area contributed by atoms with Gasteiger partial charge in [-0.2, -0.15) is 0 Å². The number of carbonyl (C=O) groups excluding carboxylic acids is 1. The van der Waals surface area contributed by atoms with Crippen molar-refractivity contribution in [1.29, 1.82) is 0 Å². The quantitative estimate of drug-likeness (QED) is 0.816. The molecule has 17 heavy (non-hydrogen) atoms. The van der Waals surface area contributed by atoms with Gasteiger partial charge in [0.1, 0.15) is 0 Å². The zero-order valence-electron chi connectivity index (χ0n) is 9.96. The highest BCUT2D eigenvalue weighted by atomic mass is 16.1. The Hall–Kier alpha value is -1.35. The van der Waals surface area contributed by atoms with E-state index in [9.17, 15) is 4.79 Å². The van der Waals surface area contributed by atoms with Gasteiger partial charge in [0.25, 0.3) is 0 Å². The van der Waals surface area contributed by atoms with Crippen LogP contribution in [0.25, 0.3) is 0 Å². The van der Waals surface area contributed by atoms with Gasteiger partial charge in [-0.3, -0.25) is 4.79 Å². The summed E-state index contributed by atoms with van der Waals surface area (Å²) < 4.78 is 0. The van der Waals surface area contributed by atoms with E-state index in [2.05, 4.69) is 16.7 Å². The van der Waals surface area contributed by atoms with Gasteiger partial charge in [-0.1, -0.05) is 18.6 Å². The second-order valence-corrected chi connectivity index (χ2v) is 4.99.